The number of amides is 1. The largest absolute Gasteiger partial charge is 0.345 e. The minimum Gasteiger partial charge on any atom is -0.345 e. The Morgan fingerprint density at radius 1 is 1.27 bits per heavy atom. The van der Waals surface area contributed by atoms with E-state index in [1.165, 1.54) is 0 Å². The van der Waals surface area contributed by atoms with E-state index in [2.05, 4.69) is 20.4 Å². The van der Waals surface area contributed by atoms with E-state index in [0.717, 1.165) is 17.0 Å². The quantitative estimate of drug-likeness (QED) is 0.804. The molecule has 1 amide bonds. The molecule has 0 aromatic carbocycles. The summed E-state index contributed by atoms with van der Waals surface area (Å²) in [5.41, 5.74) is 3.87. The van der Waals surface area contributed by atoms with Crippen molar-refractivity contribution in [3.05, 3.63) is 59.3 Å². The van der Waals surface area contributed by atoms with Gasteiger partial charge in [0.2, 0.25) is 0 Å². The molecule has 3 aromatic rings. The molecule has 0 saturated carbocycles. The van der Waals surface area contributed by atoms with Gasteiger partial charge < -0.3 is 5.32 Å². The van der Waals surface area contributed by atoms with Gasteiger partial charge in [-0.1, -0.05) is 0 Å². The van der Waals surface area contributed by atoms with E-state index in [4.69, 9.17) is 0 Å². The van der Waals surface area contributed by atoms with Crippen molar-refractivity contribution >= 4 is 11.6 Å². The van der Waals surface area contributed by atoms with Crippen LogP contribution in [0.4, 0.5) is 0 Å². The van der Waals surface area contributed by atoms with Crippen LogP contribution in [0.25, 0.3) is 5.65 Å². The summed E-state index contributed by atoms with van der Waals surface area (Å²) >= 11 is 0. The van der Waals surface area contributed by atoms with Gasteiger partial charge in [0.05, 0.1) is 12.2 Å². The van der Waals surface area contributed by atoms with Crippen LogP contribution in [0.3, 0.4) is 0 Å². The third-order valence-electron chi connectivity index (χ3n) is 3.58. The van der Waals surface area contributed by atoms with Crippen LogP contribution in [0.1, 0.15) is 40.3 Å². The highest BCUT2D eigenvalue weighted by atomic mass is 16.1. The molecule has 0 fully saturated rings. The van der Waals surface area contributed by atoms with Crippen molar-refractivity contribution < 1.29 is 4.79 Å². The maximum atomic E-state index is 12.5. The molecular weight excluding hydrogens is 278 g/mol. The van der Waals surface area contributed by atoms with E-state index in [1.54, 1.807) is 23.1 Å². The lowest BCUT2D eigenvalue weighted by Gasteiger charge is -2.13. The summed E-state index contributed by atoms with van der Waals surface area (Å²) in [7, 11) is 0. The Bertz CT molecular complexity index is 825. The van der Waals surface area contributed by atoms with Gasteiger partial charge in [-0.15, -0.1) is 0 Å². The Morgan fingerprint density at radius 2 is 2.00 bits per heavy atom. The van der Waals surface area contributed by atoms with Gasteiger partial charge in [-0.2, -0.15) is 5.10 Å². The number of pyridine rings is 1. The fourth-order valence-corrected chi connectivity index (χ4v) is 2.44. The Balaban J connectivity index is 1.90. The topological polar surface area (TPSA) is 72.2 Å². The molecule has 3 rings (SSSR count). The molecule has 6 nitrogen and oxygen atoms in total. The fourth-order valence-electron chi connectivity index (χ4n) is 2.44. The van der Waals surface area contributed by atoms with E-state index >= 15 is 0 Å². The van der Waals surface area contributed by atoms with E-state index in [9.17, 15) is 4.79 Å². The number of hydrogen-bond acceptors (Lipinski definition) is 4. The molecule has 0 aliphatic heterocycles. The number of carbonyl (C=O) groups is 1. The van der Waals surface area contributed by atoms with Crippen molar-refractivity contribution in [2.75, 3.05) is 0 Å². The zero-order chi connectivity index (χ0) is 15.7. The predicted octanol–water partition coefficient (Wildman–Crippen LogP) is 2.23. The second kappa shape index (κ2) is 5.55. The van der Waals surface area contributed by atoms with Crippen molar-refractivity contribution in [2.24, 2.45) is 0 Å². The minimum atomic E-state index is -0.184. The number of rotatable bonds is 3. The van der Waals surface area contributed by atoms with E-state index < -0.39 is 0 Å². The average Bonchev–Trinajstić information content (AvgIpc) is 2.92. The highest BCUT2D eigenvalue weighted by Gasteiger charge is 2.17. The molecule has 0 radical (unpaired) electrons. The van der Waals surface area contributed by atoms with E-state index in [-0.39, 0.29) is 11.9 Å². The number of nitrogens with zero attached hydrogens (tertiary/aromatic N) is 4. The van der Waals surface area contributed by atoms with E-state index in [1.807, 2.05) is 39.0 Å². The predicted molar refractivity (Wildman–Crippen MR) is 82.6 cm³/mol. The molecule has 3 aromatic heterocycles. The number of aromatic nitrogens is 4. The van der Waals surface area contributed by atoms with Gasteiger partial charge in [0.1, 0.15) is 5.56 Å². The first-order valence-electron chi connectivity index (χ1n) is 7.09. The van der Waals surface area contributed by atoms with Crippen LogP contribution < -0.4 is 5.32 Å². The molecule has 0 bridgehead atoms. The molecule has 3 heterocycles. The molecule has 112 valence electrons. The summed E-state index contributed by atoms with van der Waals surface area (Å²) in [4.78, 5) is 20.9. The summed E-state index contributed by atoms with van der Waals surface area (Å²) in [5, 5.41) is 7.21. The lowest BCUT2D eigenvalue weighted by atomic mass is 10.1. The summed E-state index contributed by atoms with van der Waals surface area (Å²) in [6.45, 7) is 5.78. The van der Waals surface area contributed by atoms with Crippen molar-refractivity contribution in [1.82, 2.24) is 24.9 Å². The van der Waals surface area contributed by atoms with Crippen LogP contribution in [0, 0.1) is 13.8 Å². The van der Waals surface area contributed by atoms with Crippen molar-refractivity contribution in [2.45, 2.75) is 26.8 Å². The summed E-state index contributed by atoms with van der Waals surface area (Å²) < 4.78 is 1.68. The molecular formula is C16H17N5O. The Kier molecular flexibility index (Phi) is 3.58. The smallest absolute Gasteiger partial charge is 0.257 e. The van der Waals surface area contributed by atoms with Gasteiger partial charge >= 0.3 is 0 Å². The summed E-state index contributed by atoms with van der Waals surface area (Å²) in [6.07, 6.45) is 4.98. The second-order valence-electron chi connectivity index (χ2n) is 5.31. The molecule has 0 aliphatic carbocycles. The number of fused-ring (bicyclic) bond motifs is 1. The molecule has 0 saturated heterocycles. The number of carbonyl (C=O) groups excluding carboxylic acids is 1. The fraction of sp³-hybridized carbons (Fsp3) is 0.250. The van der Waals surface area contributed by atoms with E-state index in [0.29, 0.717) is 11.2 Å². The third kappa shape index (κ3) is 2.55. The highest BCUT2D eigenvalue weighted by molar-refractivity contribution is 5.99. The van der Waals surface area contributed by atoms with Gasteiger partial charge in [-0.25, -0.2) is 9.50 Å². The zero-order valence-electron chi connectivity index (χ0n) is 12.7. The van der Waals surface area contributed by atoms with Crippen molar-refractivity contribution in [3.8, 4) is 0 Å². The van der Waals surface area contributed by atoms with Crippen molar-refractivity contribution in [1.29, 1.82) is 0 Å². The third-order valence-corrected chi connectivity index (χ3v) is 3.58. The minimum absolute atomic E-state index is 0.114. The van der Waals surface area contributed by atoms with Crippen LogP contribution >= 0.6 is 0 Å². The van der Waals surface area contributed by atoms with Gasteiger partial charge in [-0.05, 0) is 44.5 Å². The number of nitrogens with one attached hydrogen (secondary N) is 1. The Hall–Kier alpha value is -2.76. The molecule has 22 heavy (non-hydrogen) atoms. The number of hydrogen-bond donors (Lipinski definition) is 1. The zero-order valence-corrected chi connectivity index (χ0v) is 12.7. The maximum absolute atomic E-state index is 12.5. The van der Waals surface area contributed by atoms with Crippen LogP contribution in [0.15, 0.2) is 36.8 Å². The van der Waals surface area contributed by atoms with Gasteiger partial charge in [0.25, 0.3) is 5.91 Å². The molecule has 1 atom stereocenters. The van der Waals surface area contributed by atoms with Crippen LogP contribution in [-0.2, 0) is 0 Å². The van der Waals surface area contributed by atoms with Gasteiger partial charge in [-0.3, -0.25) is 9.78 Å². The monoisotopic (exact) mass is 295 g/mol. The highest BCUT2D eigenvalue weighted by Crippen LogP contribution is 2.15. The molecule has 6 heteroatoms. The average molecular weight is 295 g/mol. The van der Waals surface area contributed by atoms with Crippen LogP contribution in [0.2, 0.25) is 0 Å². The summed E-state index contributed by atoms with van der Waals surface area (Å²) in [6, 6.07) is 5.58. The van der Waals surface area contributed by atoms with Crippen LogP contribution in [0.5, 0.6) is 0 Å². The Morgan fingerprint density at radius 3 is 2.73 bits per heavy atom. The normalized spacial score (nSPS) is 12.3. The Labute approximate surface area is 128 Å². The first-order valence-corrected chi connectivity index (χ1v) is 7.09. The molecule has 0 aliphatic rings. The lowest BCUT2D eigenvalue weighted by Crippen LogP contribution is -2.26. The van der Waals surface area contributed by atoms with Crippen molar-refractivity contribution in [3.63, 3.8) is 0 Å². The molecule has 0 unspecified atom stereocenters. The van der Waals surface area contributed by atoms with Gasteiger partial charge in [0.15, 0.2) is 5.65 Å². The standard InChI is InChI=1S/C16H17N5O/c1-10-8-11(2)21-15(19-10)14(9-18-21)16(22)20-12(3)13-4-6-17-7-5-13/h4-9,12H,1-3H3,(H,20,22)/t12-/m0/s1. The first-order chi connectivity index (χ1) is 10.6. The number of aryl methyl sites for hydroxylation is 2. The molecule has 1 N–H and O–H groups in total. The van der Waals surface area contributed by atoms with Gasteiger partial charge in [0, 0.05) is 23.8 Å². The van der Waals surface area contributed by atoms with Crippen LogP contribution in [-0.4, -0.2) is 25.5 Å². The molecule has 0 spiro atoms. The maximum Gasteiger partial charge on any atom is 0.257 e. The SMILES string of the molecule is Cc1cc(C)n2ncc(C(=O)N[C@@H](C)c3ccncc3)c2n1. The lowest BCUT2D eigenvalue weighted by molar-refractivity contribution is 0.0941. The summed E-state index contributed by atoms with van der Waals surface area (Å²) in [5.74, 6) is -0.184. The first kappa shape index (κ1) is 14.2. The second-order valence-corrected chi connectivity index (χ2v) is 5.31.